The van der Waals surface area contributed by atoms with Gasteiger partial charge < -0.3 is 4.90 Å². The van der Waals surface area contributed by atoms with Gasteiger partial charge in [-0.15, -0.1) is 0 Å². The average molecular weight is 292 g/mol. The molecule has 5 nitrogen and oxygen atoms in total. The maximum Gasteiger partial charge on any atom is 0.282 e. The number of nitro benzene ring substituents is 1. The molecule has 0 aliphatic heterocycles. The van der Waals surface area contributed by atoms with Gasteiger partial charge in [-0.1, -0.05) is 0 Å². The number of hydrogen-bond donors (Lipinski definition) is 0. The smallest absolute Gasteiger partial charge is 0.282 e. The van der Waals surface area contributed by atoms with Crippen LogP contribution in [0.3, 0.4) is 0 Å². The van der Waals surface area contributed by atoms with Crippen molar-refractivity contribution in [2.24, 2.45) is 11.8 Å². The average Bonchev–Trinajstić information content (AvgIpc) is 3.32. The van der Waals surface area contributed by atoms with Gasteiger partial charge in [-0.3, -0.25) is 14.9 Å². The highest BCUT2D eigenvalue weighted by molar-refractivity contribution is 5.98. The van der Waals surface area contributed by atoms with E-state index < -0.39 is 16.6 Å². The molecule has 1 amide bonds. The highest BCUT2D eigenvalue weighted by Gasteiger charge is 2.34. The molecule has 1 aromatic carbocycles. The highest BCUT2D eigenvalue weighted by Crippen LogP contribution is 2.35. The van der Waals surface area contributed by atoms with E-state index in [0.29, 0.717) is 24.9 Å². The van der Waals surface area contributed by atoms with Gasteiger partial charge in [-0.25, -0.2) is 4.39 Å². The van der Waals surface area contributed by atoms with Crippen LogP contribution < -0.4 is 0 Å². The van der Waals surface area contributed by atoms with Gasteiger partial charge in [0.05, 0.1) is 4.92 Å². The zero-order valence-corrected chi connectivity index (χ0v) is 11.6. The van der Waals surface area contributed by atoms with Gasteiger partial charge in [0.25, 0.3) is 11.6 Å². The van der Waals surface area contributed by atoms with Crippen LogP contribution in [0.5, 0.6) is 0 Å². The molecule has 0 spiro atoms. The third-order valence-electron chi connectivity index (χ3n) is 4.02. The molecule has 3 rings (SSSR count). The van der Waals surface area contributed by atoms with Crippen LogP contribution in [0.15, 0.2) is 18.2 Å². The molecule has 1 aromatic rings. The summed E-state index contributed by atoms with van der Waals surface area (Å²) in [4.78, 5) is 24.7. The van der Waals surface area contributed by atoms with Crippen LogP contribution in [0.2, 0.25) is 0 Å². The number of nitrogens with zero attached hydrogens (tertiary/aromatic N) is 2. The number of halogens is 1. The van der Waals surface area contributed by atoms with Crippen molar-refractivity contribution in [1.29, 1.82) is 0 Å². The van der Waals surface area contributed by atoms with Gasteiger partial charge >= 0.3 is 0 Å². The van der Waals surface area contributed by atoms with Crippen LogP contribution in [0.25, 0.3) is 0 Å². The quantitative estimate of drug-likeness (QED) is 0.598. The van der Waals surface area contributed by atoms with Crippen LogP contribution in [-0.2, 0) is 0 Å². The first-order chi connectivity index (χ1) is 10.0. The van der Waals surface area contributed by atoms with Crippen LogP contribution >= 0.6 is 0 Å². The van der Waals surface area contributed by atoms with Crippen molar-refractivity contribution in [2.45, 2.75) is 25.7 Å². The summed E-state index contributed by atoms with van der Waals surface area (Å²) in [6.07, 6.45) is 4.39. The fourth-order valence-electron chi connectivity index (χ4n) is 2.47. The van der Waals surface area contributed by atoms with E-state index in [9.17, 15) is 19.3 Å². The number of amides is 1. The molecular weight excluding hydrogens is 275 g/mol. The fourth-order valence-corrected chi connectivity index (χ4v) is 2.47. The normalized spacial score (nSPS) is 17.6. The predicted molar refractivity (Wildman–Crippen MR) is 74.4 cm³/mol. The number of hydrogen-bond acceptors (Lipinski definition) is 3. The molecule has 2 fully saturated rings. The van der Waals surface area contributed by atoms with E-state index in [1.165, 1.54) is 0 Å². The van der Waals surface area contributed by atoms with Crippen molar-refractivity contribution in [2.75, 3.05) is 13.1 Å². The molecule has 0 atom stereocenters. The summed E-state index contributed by atoms with van der Waals surface area (Å²) in [7, 11) is 0. The van der Waals surface area contributed by atoms with E-state index in [-0.39, 0.29) is 11.3 Å². The van der Waals surface area contributed by atoms with E-state index >= 15 is 0 Å². The SMILES string of the molecule is O=C(c1cc(F)ccc1[N+](=O)[O-])N(CC1CC1)CC1CC1. The van der Waals surface area contributed by atoms with E-state index in [0.717, 1.165) is 43.9 Å². The number of benzene rings is 1. The molecule has 2 aliphatic carbocycles. The second-order valence-corrected chi connectivity index (χ2v) is 6.02. The number of rotatable bonds is 6. The van der Waals surface area contributed by atoms with Gasteiger partial charge in [0.2, 0.25) is 0 Å². The Morgan fingerprint density at radius 3 is 2.29 bits per heavy atom. The summed E-state index contributed by atoms with van der Waals surface area (Å²) in [6.45, 7) is 1.26. The summed E-state index contributed by atoms with van der Waals surface area (Å²) in [5, 5.41) is 11.0. The fraction of sp³-hybridized carbons (Fsp3) is 0.533. The van der Waals surface area contributed by atoms with E-state index in [1.807, 2.05) is 0 Å². The Kier molecular flexibility index (Phi) is 3.61. The van der Waals surface area contributed by atoms with Gasteiger partial charge in [0.1, 0.15) is 11.4 Å². The summed E-state index contributed by atoms with van der Waals surface area (Å²) in [5.74, 6) is -0.0395. The first kappa shape index (κ1) is 14.0. The second-order valence-electron chi connectivity index (χ2n) is 6.02. The Bertz CT molecular complexity index is 568. The van der Waals surface area contributed by atoms with Crippen molar-refractivity contribution in [3.05, 3.63) is 39.7 Å². The lowest BCUT2D eigenvalue weighted by Gasteiger charge is -2.22. The molecular formula is C15H17FN2O3. The monoisotopic (exact) mass is 292 g/mol. The van der Waals surface area contributed by atoms with Crippen LogP contribution in [0, 0.1) is 27.8 Å². The van der Waals surface area contributed by atoms with E-state index in [1.54, 1.807) is 4.90 Å². The largest absolute Gasteiger partial charge is 0.338 e. The zero-order chi connectivity index (χ0) is 15.0. The number of carbonyl (C=O) groups excluding carboxylic acids is 1. The Balaban J connectivity index is 1.86. The van der Waals surface area contributed by atoms with Gasteiger partial charge in [-0.2, -0.15) is 0 Å². The number of nitro groups is 1. The first-order valence-electron chi connectivity index (χ1n) is 7.28. The van der Waals surface area contributed by atoms with Gasteiger partial charge in [0.15, 0.2) is 0 Å². The van der Waals surface area contributed by atoms with Crippen molar-refractivity contribution in [3.8, 4) is 0 Å². The Labute approximate surface area is 121 Å². The molecule has 0 saturated heterocycles. The summed E-state index contributed by atoms with van der Waals surface area (Å²) in [5.41, 5.74) is -0.459. The summed E-state index contributed by atoms with van der Waals surface area (Å²) >= 11 is 0. The van der Waals surface area contributed by atoms with E-state index in [2.05, 4.69) is 0 Å². The third kappa shape index (κ3) is 3.37. The minimum Gasteiger partial charge on any atom is -0.338 e. The van der Waals surface area contributed by atoms with Crippen LogP contribution in [0.1, 0.15) is 36.0 Å². The topological polar surface area (TPSA) is 63.4 Å². The Morgan fingerprint density at radius 2 is 1.81 bits per heavy atom. The third-order valence-corrected chi connectivity index (χ3v) is 4.02. The zero-order valence-electron chi connectivity index (χ0n) is 11.6. The number of carbonyl (C=O) groups is 1. The lowest BCUT2D eigenvalue weighted by atomic mass is 10.1. The van der Waals surface area contributed by atoms with Crippen molar-refractivity contribution in [3.63, 3.8) is 0 Å². The molecule has 0 unspecified atom stereocenters. The standard InChI is InChI=1S/C15H17FN2O3/c16-12-5-6-14(18(20)21)13(7-12)15(19)17(8-10-1-2-10)9-11-3-4-11/h5-7,10-11H,1-4,8-9H2. The van der Waals surface area contributed by atoms with Gasteiger partial charge in [0, 0.05) is 19.2 Å². The Morgan fingerprint density at radius 1 is 1.24 bits per heavy atom. The van der Waals surface area contributed by atoms with Crippen LogP contribution in [-0.4, -0.2) is 28.8 Å². The molecule has 6 heteroatoms. The first-order valence-corrected chi connectivity index (χ1v) is 7.28. The van der Waals surface area contributed by atoms with Crippen molar-refractivity contribution in [1.82, 2.24) is 4.90 Å². The van der Waals surface area contributed by atoms with Crippen LogP contribution in [0.4, 0.5) is 10.1 Å². The summed E-state index contributed by atoms with van der Waals surface area (Å²) in [6, 6.07) is 3.06. The predicted octanol–water partition coefficient (Wildman–Crippen LogP) is 3.00. The molecule has 2 aliphatic rings. The maximum atomic E-state index is 13.4. The minimum absolute atomic E-state index is 0.138. The molecule has 0 bridgehead atoms. The highest BCUT2D eigenvalue weighted by atomic mass is 19.1. The minimum atomic E-state index is -0.626. The Hall–Kier alpha value is -1.98. The lowest BCUT2D eigenvalue weighted by Crippen LogP contribution is -2.35. The van der Waals surface area contributed by atoms with Gasteiger partial charge in [-0.05, 0) is 49.7 Å². The molecule has 21 heavy (non-hydrogen) atoms. The summed E-state index contributed by atoms with van der Waals surface area (Å²) < 4.78 is 13.4. The van der Waals surface area contributed by atoms with Crippen molar-refractivity contribution < 1.29 is 14.1 Å². The van der Waals surface area contributed by atoms with Crippen molar-refractivity contribution >= 4 is 11.6 Å². The molecule has 0 radical (unpaired) electrons. The van der Waals surface area contributed by atoms with E-state index in [4.69, 9.17) is 0 Å². The molecule has 2 saturated carbocycles. The maximum absolute atomic E-state index is 13.4. The molecule has 0 heterocycles. The lowest BCUT2D eigenvalue weighted by molar-refractivity contribution is -0.385. The second kappa shape index (κ2) is 5.42. The molecule has 0 aromatic heterocycles. The molecule has 112 valence electrons. The molecule has 0 N–H and O–H groups in total.